The lowest BCUT2D eigenvalue weighted by Crippen LogP contribution is -2.47. The van der Waals surface area contributed by atoms with Crippen molar-refractivity contribution in [3.05, 3.63) is 23.2 Å². The topological polar surface area (TPSA) is 37.6 Å². The first kappa shape index (κ1) is 13.6. The Hall–Kier alpha value is -0.840. The lowest BCUT2D eigenvalue weighted by atomic mass is 10.1. The largest absolute Gasteiger partial charge is 0.465 e. The van der Waals surface area contributed by atoms with E-state index in [-0.39, 0.29) is 5.60 Å². The van der Waals surface area contributed by atoms with Crippen LogP contribution in [0, 0.1) is 6.92 Å². The molecule has 0 spiro atoms. The Morgan fingerprint density at radius 1 is 1.44 bits per heavy atom. The van der Waals surface area contributed by atoms with Gasteiger partial charge in [-0.15, -0.1) is 0 Å². The number of aryl methyl sites for hydroxylation is 1. The maximum Gasteiger partial charge on any atom is 0.118 e. The van der Waals surface area contributed by atoms with Gasteiger partial charge in [-0.2, -0.15) is 0 Å². The molecule has 1 saturated heterocycles. The summed E-state index contributed by atoms with van der Waals surface area (Å²) in [5.41, 5.74) is 1.25. The summed E-state index contributed by atoms with van der Waals surface area (Å²) < 4.78 is 11.5. The predicted molar refractivity (Wildman–Crippen MR) is 71.5 cm³/mol. The summed E-state index contributed by atoms with van der Waals surface area (Å²) in [5, 5.41) is 3.11. The SMILES string of the molecule is CNCc1cc(CN2CCOC(C)(C)C2)c(C)o1. The molecule has 1 aromatic rings. The number of ether oxygens (including phenoxy) is 1. The van der Waals surface area contributed by atoms with Crippen LogP contribution in [0.4, 0.5) is 0 Å². The lowest BCUT2D eigenvalue weighted by molar-refractivity contribution is -0.0883. The summed E-state index contributed by atoms with van der Waals surface area (Å²) >= 11 is 0. The molecule has 1 aliphatic rings. The van der Waals surface area contributed by atoms with Crippen molar-refractivity contribution in [2.45, 2.75) is 39.5 Å². The molecule has 0 radical (unpaired) electrons. The molecule has 0 unspecified atom stereocenters. The van der Waals surface area contributed by atoms with Crippen molar-refractivity contribution in [1.82, 2.24) is 10.2 Å². The van der Waals surface area contributed by atoms with Crippen LogP contribution in [0.1, 0.15) is 30.9 Å². The van der Waals surface area contributed by atoms with Crippen molar-refractivity contribution in [3.63, 3.8) is 0 Å². The Bertz CT molecular complexity index is 398. The number of rotatable bonds is 4. The first-order valence-electron chi connectivity index (χ1n) is 6.59. The highest BCUT2D eigenvalue weighted by Gasteiger charge is 2.27. The van der Waals surface area contributed by atoms with Gasteiger partial charge in [-0.25, -0.2) is 0 Å². The number of furan rings is 1. The van der Waals surface area contributed by atoms with Crippen molar-refractivity contribution in [1.29, 1.82) is 0 Å². The predicted octanol–water partition coefficient (Wildman–Crippen LogP) is 1.92. The van der Waals surface area contributed by atoms with Crippen molar-refractivity contribution in [3.8, 4) is 0 Å². The van der Waals surface area contributed by atoms with Gasteiger partial charge >= 0.3 is 0 Å². The van der Waals surface area contributed by atoms with Crippen molar-refractivity contribution in [2.24, 2.45) is 0 Å². The zero-order valence-electron chi connectivity index (χ0n) is 11.9. The van der Waals surface area contributed by atoms with Crippen LogP contribution < -0.4 is 5.32 Å². The van der Waals surface area contributed by atoms with Gasteiger partial charge in [-0.1, -0.05) is 0 Å². The van der Waals surface area contributed by atoms with Crippen LogP contribution in [-0.4, -0.2) is 37.2 Å². The first-order chi connectivity index (χ1) is 8.50. The summed E-state index contributed by atoms with van der Waals surface area (Å²) in [6.07, 6.45) is 0. The average Bonchev–Trinajstić information content (AvgIpc) is 2.58. The molecule has 0 saturated carbocycles. The zero-order valence-corrected chi connectivity index (χ0v) is 11.9. The van der Waals surface area contributed by atoms with Crippen LogP contribution in [0.15, 0.2) is 10.5 Å². The molecule has 0 bridgehead atoms. The highest BCUT2D eigenvalue weighted by Crippen LogP contribution is 2.21. The van der Waals surface area contributed by atoms with Crippen LogP contribution >= 0.6 is 0 Å². The molecule has 1 aliphatic heterocycles. The molecule has 0 aromatic carbocycles. The third kappa shape index (κ3) is 3.34. The fourth-order valence-corrected chi connectivity index (χ4v) is 2.50. The van der Waals surface area contributed by atoms with Crippen LogP contribution in [0.3, 0.4) is 0 Å². The maximum atomic E-state index is 5.73. The van der Waals surface area contributed by atoms with E-state index in [4.69, 9.17) is 9.15 Å². The Balaban J connectivity index is 2.00. The van der Waals surface area contributed by atoms with Crippen LogP contribution in [0.5, 0.6) is 0 Å². The van der Waals surface area contributed by atoms with Gasteiger partial charge in [0.2, 0.25) is 0 Å². The Labute approximate surface area is 109 Å². The number of morpholine rings is 1. The summed E-state index contributed by atoms with van der Waals surface area (Å²) in [5.74, 6) is 2.04. The molecule has 0 atom stereocenters. The van der Waals surface area contributed by atoms with E-state index >= 15 is 0 Å². The fourth-order valence-electron chi connectivity index (χ4n) is 2.50. The van der Waals surface area contributed by atoms with E-state index in [1.165, 1.54) is 5.56 Å². The monoisotopic (exact) mass is 252 g/mol. The molecular weight excluding hydrogens is 228 g/mol. The third-order valence-corrected chi connectivity index (χ3v) is 3.32. The molecule has 0 aliphatic carbocycles. The van der Waals surface area contributed by atoms with E-state index in [1.54, 1.807) is 0 Å². The minimum absolute atomic E-state index is 0.0380. The summed E-state index contributed by atoms with van der Waals surface area (Å²) in [6.45, 7) is 10.9. The third-order valence-electron chi connectivity index (χ3n) is 3.32. The van der Waals surface area contributed by atoms with Gasteiger partial charge in [0.15, 0.2) is 0 Å². The second kappa shape index (κ2) is 5.43. The van der Waals surface area contributed by atoms with Gasteiger partial charge in [-0.05, 0) is 33.9 Å². The van der Waals surface area contributed by atoms with Gasteiger partial charge in [0.1, 0.15) is 11.5 Å². The Kier molecular flexibility index (Phi) is 4.10. The molecule has 2 rings (SSSR count). The molecule has 18 heavy (non-hydrogen) atoms. The number of nitrogens with one attached hydrogen (secondary N) is 1. The molecule has 2 heterocycles. The number of hydrogen-bond donors (Lipinski definition) is 1. The van der Waals surface area contributed by atoms with Crippen LogP contribution in [-0.2, 0) is 17.8 Å². The van der Waals surface area contributed by atoms with E-state index in [9.17, 15) is 0 Å². The maximum absolute atomic E-state index is 5.73. The van der Waals surface area contributed by atoms with E-state index in [0.717, 1.165) is 44.3 Å². The van der Waals surface area contributed by atoms with Gasteiger partial charge in [-0.3, -0.25) is 4.90 Å². The van der Waals surface area contributed by atoms with Gasteiger partial charge in [0.25, 0.3) is 0 Å². The van der Waals surface area contributed by atoms with E-state index in [2.05, 4.69) is 30.1 Å². The minimum Gasteiger partial charge on any atom is -0.465 e. The van der Waals surface area contributed by atoms with Gasteiger partial charge in [0, 0.05) is 25.2 Å². The Morgan fingerprint density at radius 3 is 2.89 bits per heavy atom. The normalized spacial score (nSPS) is 20.2. The highest BCUT2D eigenvalue weighted by atomic mass is 16.5. The van der Waals surface area contributed by atoms with E-state index in [1.807, 2.05) is 14.0 Å². The number of hydrogen-bond acceptors (Lipinski definition) is 4. The highest BCUT2D eigenvalue weighted by molar-refractivity contribution is 5.20. The van der Waals surface area contributed by atoms with Crippen molar-refractivity contribution >= 4 is 0 Å². The molecule has 4 nitrogen and oxygen atoms in total. The van der Waals surface area contributed by atoms with Crippen LogP contribution in [0.25, 0.3) is 0 Å². The quantitative estimate of drug-likeness (QED) is 0.888. The average molecular weight is 252 g/mol. The molecule has 1 aromatic heterocycles. The van der Waals surface area contributed by atoms with Gasteiger partial charge in [0.05, 0.1) is 18.8 Å². The second-order valence-corrected chi connectivity index (χ2v) is 5.64. The number of nitrogens with zero attached hydrogens (tertiary/aromatic N) is 1. The summed E-state index contributed by atoms with van der Waals surface area (Å²) in [4.78, 5) is 2.44. The molecule has 4 heteroatoms. The van der Waals surface area contributed by atoms with E-state index in [0.29, 0.717) is 0 Å². The molecule has 1 fully saturated rings. The van der Waals surface area contributed by atoms with Crippen molar-refractivity contribution < 1.29 is 9.15 Å². The van der Waals surface area contributed by atoms with Crippen LogP contribution in [0.2, 0.25) is 0 Å². The van der Waals surface area contributed by atoms with Gasteiger partial charge < -0.3 is 14.5 Å². The summed E-state index contributed by atoms with van der Waals surface area (Å²) in [6, 6.07) is 2.16. The molecule has 0 amide bonds. The lowest BCUT2D eigenvalue weighted by Gasteiger charge is -2.38. The smallest absolute Gasteiger partial charge is 0.118 e. The molecule has 1 N–H and O–H groups in total. The zero-order chi connectivity index (χ0) is 13.2. The summed E-state index contributed by atoms with van der Waals surface area (Å²) in [7, 11) is 1.93. The molecule has 102 valence electrons. The molecular formula is C14H24N2O2. The Morgan fingerprint density at radius 2 is 2.22 bits per heavy atom. The fraction of sp³-hybridized carbons (Fsp3) is 0.714. The first-order valence-corrected chi connectivity index (χ1v) is 6.59. The standard InChI is InChI=1S/C14H24N2O2/c1-11-12(7-13(18-11)8-15-4)9-16-5-6-17-14(2,3)10-16/h7,15H,5-6,8-10H2,1-4H3. The minimum atomic E-state index is -0.0380. The van der Waals surface area contributed by atoms with Crippen molar-refractivity contribution in [2.75, 3.05) is 26.7 Å². The van der Waals surface area contributed by atoms with E-state index < -0.39 is 0 Å². The second-order valence-electron chi connectivity index (χ2n) is 5.64.